The van der Waals surface area contributed by atoms with E-state index in [1.165, 1.54) is 38.8 Å². The van der Waals surface area contributed by atoms with Crippen molar-refractivity contribution in [2.24, 2.45) is 5.41 Å². The summed E-state index contributed by atoms with van der Waals surface area (Å²) >= 11 is 0. The summed E-state index contributed by atoms with van der Waals surface area (Å²) in [6.45, 7) is 2.67. The highest BCUT2D eigenvalue weighted by atomic mass is 15.3. The molecule has 1 fully saturated rings. The van der Waals surface area contributed by atoms with E-state index in [1.807, 2.05) is 0 Å². The van der Waals surface area contributed by atoms with E-state index in [-0.39, 0.29) is 0 Å². The quantitative estimate of drug-likeness (QED) is 0.628. The molecule has 0 atom stereocenters. The van der Waals surface area contributed by atoms with E-state index in [0.29, 0.717) is 5.41 Å². The van der Waals surface area contributed by atoms with Gasteiger partial charge in [-0.15, -0.1) is 0 Å². The summed E-state index contributed by atoms with van der Waals surface area (Å²) in [6.07, 6.45) is 5.77. The van der Waals surface area contributed by atoms with Crippen molar-refractivity contribution >= 4 is 0 Å². The third kappa shape index (κ3) is 4.52. The van der Waals surface area contributed by atoms with Gasteiger partial charge >= 0.3 is 0 Å². The molecular formula is C13H30N2+2. The van der Waals surface area contributed by atoms with Crippen LogP contribution in [0.4, 0.5) is 0 Å². The van der Waals surface area contributed by atoms with E-state index in [1.54, 1.807) is 0 Å². The lowest BCUT2D eigenvalue weighted by Gasteiger charge is -2.40. The van der Waals surface area contributed by atoms with Gasteiger partial charge in [0, 0.05) is 0 Å². The molecule has 1 rings (SSSR count). The normalized spacial score (nSPS) is 22.0. The van der Waals surface area contributed by atoms with E-state index in [9.17, 15) is 0 Å². The first-order valence-electron chi connectivity index (χ1n) is 6.23. The van der Waals surface area contributed by atoms with Crippen molar-refractivity contribution in [3.05, 3.63) is 0 Å². The Labute approximate surface area is 96.1 Å². The zero-order valence-electron chi connectivity index (χ0n) is 11.6. The lowest BCUT2D eigenvalue weighted by Crippen LogP contribution is -2.52. The standard InChI is InChI=1S/C13H30N2/c1-14(2,3)11-13(9-7-8-10-13)12-15(4,5)6/h7-12H2,1-6H3/q+2. The summed E-state index contributed by atoms with van der Waals surface area (Å²) in [4.78, 5) is 0. The fourth-order valence-electron chi connectivity index (χ4n) is 3.50. The Bertz CT molecular complexity index is 184. The van der Waals surface area contributed by atoms with Crippen molar-refractivity contribution in [3.8, 4) is 0 Å². The number of hydrogen-bond donors (Lipinski definition) is 0. The zero-order valence-corrected chi connectivity index (χ0v) is 11.6. The monoisotopic (exact) mass is 214 g/mol. The van der Waals surface area contributed by atoms with Crippen molar-refractivity contribution in [2.45, 2.75) is 25.7 Å². The minimum Gasteiger partial charge on any atom is -0.330 e. The maximum atomic E-state index is 2.33. The molecule has 2 heteroatoms. The molecule has 1 aliphatic rings. The first kappa shape index (κ1) is 13.0. The predicted octanol–water partition coefficient (Wildman–Crippen LogP) is 1.96. The second-order valence-electron chi connectivity index (χ2n) is 7.60. The lowest BCUT2D eigenvalue weighted by molar-refractivity contribution is -0.902. The van der Waals surface area contributed by atoms with Gasteiger partial charge in [-0.1, -0.05) is 12.8 Å². The first-order chi connectivity index (χ1) is 6.62. The topological polar surface area (TPSA) is 0 Å². The van der Waals surface area contributed by atoms with E-state index in [4.69, 9.17) is 0 Å². The number of hydrogen-bond acceptors (Lipinski definition) is 0. The molecule has 0 unspecified atom stereocenters. The first-order valence-corrected chi connectivity index (χ1v) is 6.23. The fraction of sp³-hybridized carbons (Fsp3) is 1.00. The number of rotatable bonds is 4. The molecule has 0 spiro atoms. The molecule has 0 aromatic carbocycles. The van der Waals surface area contributed by atoms with Gasteiger partial charge in [-0.05, 0) is 12.8 Å². The minimum atomic E-state index is 0.608. The van der Waals surface area contributed by atoms with Gasteiger partial charge in [-0.3, -0.25) is 0 Å². The number of quaternary nitrogens is 2. The molecular weight excluding hydrogens is 184 g/mol. The average molecular weight is 214 g/mol. The van der Waals surface area contributed by atoms with Crippen LogP contribution in [0.3, 0.4) is 0 Å². The minimum absolute atomic E-state index is 0.608. The molecule has 0 heterocycles. The van der Waals surface area contributed by atoms with Gasteiger partial charge < -0.3 is 8.97 Å². The van der Waals surface area contributed by atoms with Crippen LogP contribution in [0.2, 0.25) is 0 Å². The van der Waals surface area contributed by atoms with Crippen LogP contribution in [0.15, 0.2) is 0 Å². The summed E-state index contributed by atoms with van der Waals surface area (Å²) in [5.41, 5.74) is 0.608. The predicted molar refractivity (Wildman–Crippen MR) is 66.7 cm³/mol. The summed E-state index contributed by atoms with van der Waals surface area (Å²) in [5.74, 6) is 0. The van der Waals surface area contributed by atoms with Crippen LogP contribution in [0.25, 0.3) is 0 Å². The molecule has 90 valence electrons. The Balaban J connectivity index is 2.71. The van der Waals surface area contributed by atoms with E-state index in [0.717, 1.165) is 8.97 Å². The molecule has 2 nitrogen and oxygen atoms in total. The van der Waals surface area contributed by atoms with Crippen molar-refractivity contribution < 1.29 is 8.97 Å². The van der Waals surface area contributed by atoms with Crippen molar-refractivity contribution in [1.82, 2.24) is 0 Å². The maximum Gasteiger partial charge on any atom is 0.0892 e. The second kappa shape index (κ2) is 4.06. The molecule has 0 amide bonds. The molecule has 0 N–H and O–H groups in total. The van der Waals surface area contributed by atoms with Crippen LogP contribution in [0.1, 0.15) is 25.7 Å². The Hall–Kier alpha value is -0.0800. The van der Waals surface area contributed by atoms with Crippen molar-refractivity contribution in [2.75, 3.05) is 55.4 Å². The van der Waals surface area contributed by atoms with Crippen molar-refractivity contribution in [1.29, 1.82) is 0 Å². The van der Waals surface area contributed by atoms with Crippen LogP contribution in [-0.4, -0.2) is 64.3 Å². The van der Waals surface area contributed by atoms with Gasteiger partial charge in [0.15, 0.2) is 0 Å². The van der Waals surface area contributed by atoms with Gasteiger partial charge in [-0.25, -0.2) is 0 Å². The van der Waals surface area contributed by atoms with Crippen LogP contribution in [0.5, 0.6) is 0 Å². The Morgan fingerprint density at radius 3 is 1.33 bits per heavy atom. The SMILES string of the molecule is C[N+](C)(C)CC1(C[N+](C)(C)C)CCCC1. The summed E-state index contributed by atoms with van der Waals surface area (Å²) < 4.78 is 2.22. The van der Waals surface area contributed by atoms with Crippen molar-refractivity contribution in [3.63, 3.8) is 0 Å². The van der Waals surface area contributed by atoms with Crippen LogP contribution >= 0.6 is 0 Å². The van der Waals surface area contributed by atoms with E-state index in [2.05, 4.69) is 42.3 Å². The van der Waals surface area contributed by atoms with Crippen LogP contribution in [0, 0.1) is 5.41 Å². The maximum absolute atomic E-state index is 2.33. The molecule has 0 radical (unpaired) electrons. The zero-order chi connectivity index (χ0) is 11.7. The van der Waals surface area contributed by atoms with Crippen LogP contribution in [-0.2, 0) is 0 Å². The third-order valence-electron chi connectivity index (χ3n) is 3.28. The number of nitrogens with zero attached hydrogens (tertiary/aromatic N) is 2. The van der Waals surface area contributed by atoms with Gasteiger partial charge in [0.1, 0.15) is 0 Å². The molecule has 0 aromatic rings. The van der Waals surface area contributed by atoms with Crippen LogP contribution < -0.4 is 0 Å². The van der Waals surface area contributed by atoms with Gasteiger partial charge in [0.2, 0.25) is 0 Å². The van der Waals surface area contributed by atoms with Gasteiger partial charge in [-0.2, -0.15) is 0 Å². The highest BCUT2D eigenvalue weighted by Crippen LogP contribution is 2.40. The molecule has 0 bridgehead atoms. The molecule has 15 heavy (non-hydrogen) atoms. The Morgan fingerprint density at radius 1 is 0.733 bits per heavy atom. The molecule has 1 saturated carbocycles. The molecule has 0 saturated heterocycles. The lowest BCUT2D eigenvalue weighted by atomic mass is 9.84. The smallest absolute Gasteiger partial charge is 0.0892 e. The largest absolute Gasteiger partial charge is 0.330 e. The van der Waals surface area contributed by atoms with E-state index >= 15 is 0 Å². The fourth-order valence-corrected chi connectivity index (χ4v) is 3.50. The van der Waals surface area contributed by atoms with Gasteiger partial charge in [0.05, 0.1) is 60.8 Å². The third-order valence-corrected chi connectivity index (χ3v) is 3.28. The van der Waals surface area contributed by atoms with Gasteiger partial charge in [0.25, 0.3) is 0 Å². The van der Waals surface area contributed by atoms with E-state index < -0.39 is 0 Å². The summed E-state index contributed by atoms with van der Waals surface area (Å²) in [6, 6.07) is 0. The molecule has 0 aromatic heterocycles. The Kier molecular flexibility index (Phi) is 3.52. The highest BCUT2D eigenvalue weighted by molar-refractivity contribution is 4.84. The molecule has 0 aliphatic heterocycles. The molecule has 1 aliphatic carbocycles. The summed E-state index contributed by atoms with van der Waals surface area (Å²) in [7, 11) is 14.0. The summed E-state index contributed by atoms with van der Waals surface area (Å²) in [5, 5.41) is 0. The Morgan fingerprint density at radius 2 is 1.07 bits per heavy atom. The highest BCUT2D eigenvalue weighted by Gasteiger charge is 2.42. The average Bonchev–Trinajstić information content (AvgIpc) is 2.27. The second-order valence-corrected chi connectivity index (χ2v) is 7.60.